The zero-order valence-electron chi connectivity index (χ0n) is 18.0. The third-order valence-electron chi connectivity index (χ3n) is 5.13. The lowest BCUT2D eigenvalue weighted by molar-refractivity contribution is -0.139. The van der Waals surface area contributed by atoms with Crippen molar-refractivity contribution in [1.82, 2.24) is 14.8 Å². The first-order valence-corrected chi connectivity index (χ1v) is 10.1. The molecule has 0 radical (unpaired) electrons. The molecule has 9 heteroatoms. The van der Waals surface area contributed by atoms with Crippen molar-refractivity contribution in [2.75, 3.05) is 19.0 Å². The molecule has 32 heavy (non-hydrogen) atoms. The molecule has 3 aromatic rings. The summed E-state index contributed by atoms with van der Waals surface area (Å²) in [4.78, 5) is 17.0. The molecule has 8 nitrogen and oxygen atoms in total. The number of carbonyl (C=O) groups excluding carboxylic acids is 1. The third-order valence-corrected chi connectivity index (χ3v) is 5.13. The second-order valence-corrected chi connectivity index (χ2v) is 7.11. The molecule has 2 aromatic carbocycles. The van der Waals surface area contributed by atoms with Gasteiger partial charge in [-0.05, 0) is 37.6 Å². The number of esters is 1. The number of methoxy groups -OCH3 is 1. The van der Waals surface area contributed by atoms with Crippen LogP contribution in [0.5, 0.6) is 11.5 Å². The molecular weight excluding hydrogens is 415 g/mol. The number of hydrogen-bond donors (Lipinski definition) is 1. The second-order valence-electron chi connectivity index (χ2n) is 7.11. The van der Waals surface area contributed by atoms with Crippen LogP contribution < -0.4 is 14.8 Å². The molecule has 4 rings (SSSR count). The van der Waals surface area contributed by atoms with E-state index >= 15 is 0 Å². The summed E-state index contributed by atoms with van der Waals surface area (Å²) < 4.78 is 32.2. The largest absolute Gasteiger partial charge is 0.493 e. The highest BCUT2D eigenvalue weighted by Crippen LogP contribution is 2.39. The fraction of sp³-hybridized carbons (Fsp3) is 0.261. The van der Waals surface area contributed by atoms with Crippen molar-refractivity contribution in [3.8, 4) is 11.5 Å². The van der Waals surface area contributed by atoms with Gasteiger partial charge in [-0.25, -0.2) is 13.9 Å². The number of ether oxygens (including phenoxy) is 3. The number of nitrogens with one attached hydrogen (secondary N) is 1. The van der Waals surface area contributed by atoms with Crippen molar-refractivity contribution >= 4 is 11.9 Å². The monoisotopic (exact) mass is 438 g/mol. The van der Waals surface area contributed by atoms with Crippen LogP contribution in [0, 0.1) is 5.82 Å². The van der Waals surface area contributed by atoms with Crippen molar-refractivity contribution < 1.29 is 23.4 Å². The lowest BCUT2D eigenvalue weighted by atomic mass is 9.95. The first kappa shape index (κ1) is 21.4. The van der Waals surface area contributed by atoms with Crippen molar-refractivity contribution in [3.63, 3.8) is 0 Å². The molecule has 0 saturated heterocycles. The molecule has 0 bridgehead atoms. The van der Waals surface area contributed by atoms with Crippen LogP contribution in [0.3, 0.4) is 0 Å². The molecule has 0 spiro atoms. The smallest absolute Gasteiger partial charge is 0.338 e. The highest BCUT2D eigenvalue weighted by Gasteiger charge is 2.34. The van der Waals surface area contributed by atoms with Crippen LogP contribution in [-0.2, 0) is 16.1 Å². The van der Waals surface area contributed by atoms with Gasteiger partial charge in [-0.2, -0.15) is 10.1 Å². The van der Waals surface area contributed by atoms with Gasteiger partial charge in [0.1, 0.15) is 24.8 Å². The van der Waals surface area contributed by atoms with E-state index in [2.05, 4.69) is 15.4 Å². The van der Waals surface area contributed by atoms with Crippen LogP contribution in [0.25, 0.3) is 0 Å². The maximum Gasteiger partial charge on any atom is 0.338 e. The number of benzene rings is 2. The number of hydrogen-bond acceptors (Lipinski definition) is 7. The minimum Gasteiger partial charge on any atom is -0.493 e. The molecule has 1 N–H and O–H groups in total. The molecule has 166 valence electrons. The summed E-state index contributed by atoms with van der Waals surface area (Å²) in [7, 11) is 1.52. The molecule has 0 saturated carbocycles. The zero-order valence-corrected chi connectivity index (χ0v) is 18.0. The van der Waals surface area contributed by atoms with E-state index in [4.69, 9.17) is 14.2 Å². The molecule has 0 fully saturated rings. The summed E-state index contributed by atoms with van der Waals surface area (Å²) >= 11 is 0. The number of allylic oxidation sites excluding steroid dienone is 1. The van der Waals surface area contributed by atoms with Crippen molar-refractivity contribution in [1.29, 1.82) is 0 Å². The lowest BCUT2D eigenvalue weighted by Crippen LogP contribution is -2.29. The highest BCUT2D eigenvalue weighted by molar-refractivity contribution is 5.92. The molecule has 1 aliphatic heterocycles. The fourth-order valence-corrected chi connectivity index (χ4v) is 3.62. The average Bonchev–Trinajstić information content (AvgIpc) is 3.25. The third kappa shape index (κ3) is 4.01. The summed E-state index contributed by atoms with van der Waals surface area (Å²) in [6, 6.07) is 11.2. The maximum absolute atomic E-state index is 13.9. The van der Waals surface area contributed by atoms with Gasteiger partial charge in [0.15, 0.2) is 11.5 Å². The van der Waals surface area contributed by atoms with E-state index in [1.54, 1.807) is 48.9 Å². The summed E-state index contributed by atoms with van der Waals surface area (Å²) in [5.41, 5.74) is 2.22. The Balaban J connectivity index is 1.69. The number of carbonyl (C=O) groups is 1. The number of halogens is 1. The highest BCUT2D eigenvalue weighted by atomic mass is 19.1. The van der Waals surface area contributed by atoms with Crippen molar-refractivity contribution in [2.24, 2.45) is 0 Å². The fourth-order valence-electron chi connectivity index (χ4n) is 3.62. The number of rotatable bonds is 7. The van der Waals surface area contributed by atoms with E-state index in [-0.39, 0.29) is 19.0 Å². The van der Waals surface area contributed by atoms with E-state index in [0.29, 0.717) is 34.3 Å². The van der Waals surface area contributed by atoms with Crippen molar-refractivity contribution in [2.45, 2.75) is 26.5 Å². The molecule has 0 amide bonds. The molecule has 0 unspecified atom stereocenters. The number of aromatic nitrogens is 3. The Hall–Kier alpha value is -3.88. The standard InChI is InChI=1S/C23H23FN4O4/c1-4-31-22(29)20-14(2)27-23-25-13-26-28(23)21(20)15-9-10-18(19(11-15)30-3)32-12-16-7-5-6-8-17(16)24/h5-11,13,21H,4,12H2,1-3H3,(H,25,26,27)/t21-/m0/s1. The van der Waals surface area contributed by atoms with Crippen LogP contribution in [0.2, 0.25) is 0 Å². The minimum absolute atomic E-state index is 0.0516. The van der Waals surface area contributed by atoms with Crippen LogP contribution in [0.1, 0.15) is 31.0 Å². The van der Waals surface area contributed by atoms with Crippen LogP contribution >= 0.6 is 0 Å². The van der Waals surface area contributed by atoms with Gasteiger partial charge < -0.3 is 19.5 Å². The number of fused-ring (bicyclic) bond motifs is 1. The summed E-state index contributed by atoms with van der Waals surface area (Å²) in [5, 5.41) is 7.38. The van der Waals surface area contributed by atoms with Gasteiger partial charge in [-0.1, -0.05) is 24.3 Å². The lowest BCUT2D eigenvalue weighted by Gasteiger charge is -2.28. The normalized spacial score (nSPS) is 15.1. The van der Waals surface area contributed by atoms with Crippen molar-refractivity contribution in [3.05, 3.63) is 77.0 Å². The van der Waals surface area contributed by atoms with E-state index in [1.165, 1.54) is 19.5 Å². The molecule has 0 aliphatic carbocycles. The average molecular weight is 438 g/mol. The molecule has 1 aliphatic rings. The Bertz CT molecular complexity index is 1170. The Morgan fingerprint density at radius 3 is 2.78 bits per heavy atom. The Kier molecular flexibility index (Phi) is 6.07. The van der Waals surface area contributed by atoms with Gasteiger partial charge in [-0.15, -0.1) is 0 Å². The van der Waals surface area contributed by atoms with Gasteiger partial charge in [0, 0.05) is 11.3 Å². The molecular formula is C23H23FN4O4. The van der Waals surface area contributed by atoms with Gasteiger partial charge in [-0.3, -0.25) is 0 Å². The van der Waals surface area contributed by atoms with Gasteiger partial charge in [0.05, 0.1) is 19.3 Å². The van der Waals surface area contributed by atoms with E-state index in [0.717, 1.165) is 5.56 Å². The minimum atomic E-state index is -0.567. The predicted octanol–water partition coefficient (Wildman–Crippen LogP) is 3.86. The Labute approximate surface area is 184 Å². The van der Waals surface area contributed by atoms with Gasteiger partial charge >= 0.3 is 5.97 Å². The van der Waals surface area contributed by atoms with Crippen LogP contribution in [0.4, 0.5) is 10.3 Å². The van der Waals surface area contributed by atoms with E-state index in [9.17, 15) is 9.18 Å². The van der Waals surface area contributed by atoms with E-state index < -0.39 is 12.0 Å². The first-order chi connectivity index (χ1) is 15.5. The van der Waals surface area contributed by atoms with Crippen LogP contribution in [0.15, 0.2) is 60.1 Å². The quantitative estimate of drug-likeness (QED) is 0.561. The Morgan fingerprint density at radius 1 is 1.22 bits per heavy atom. The molecule has 1 aromatic heterocycles. The van der Waals surface area contributed by atoms with Crippen LogP contribution in [-0.4, -0.2) is 34.5 Å². The molecule has 2 heterocycles. The summed E-state index contributed by atoms with van der Waals surface area (Å²) in [6.45, 7) is 3.85. The second kappa shape index (κ2) is 9.09. The topological polar surface area (TPSA) is 87.5 Å². The van der Waals surface area contributed by atoms with E-state index in [1.807, 2.05) is 6.07 Å². The molecule has 1 atom stereocenters. The summed E-state index contributed by atoms with van der Waals surface area (Å²) in [5.74, 6) is 0.628. The maximum atomic E-state index is 13.9. The number of nitrogens with zero attached hydrogens (tertiary/aromatic N) is 3. The Morgan fingerprint density at radius 2 is 2.03 bits per heavy atom. The van der Waals surface area contributed by atoms with Gasteiger partial charge in [0.25, 0.3) is 0 Å². The zero-order chi connectivity index (χ0) is 22.7. The first-order valence-electron chi connectivity index (χ1n) is 10.1. The predicted molar refractivity (Wildman–Crippen MR) is 115 cm³/mol. The van der Waals surface area contributed by atoms with Gasteiger partial charge in [0.2, 0.25) is 5.95 Å². The SMILES string of the molecule is CCOC(=O)C1=C(C)Nc2ncnn2[C@H]1c1ccc(OCc2ccccc2F)c(OC)c1. The number of anilines is 1. The summed E-state index contributed by atoms with van der Waals surface area (Å²) in [6.07, 6.45) is 1.42.